The number of halogens is 6. The molecule has 35 heavy (non-hydrogen) atoms. The zero-order chi connectivity index (χ0) is 25.5. The second-order valence-corrected chi connectivity index (χ2v) is 8.28. The number of carbonyl (C=O) groups excluding carboxylic acids is 1. The molecular formula is C22H18ClF5N4O3. The van der Waals surface area contributed by atoms with E-state index in [0.717, 1.165) is 47.9 Å². The number of hydrogen-bond acceptors (Lipinski definition) is 4. The van der Waals surface area contributed by atoms with Crippen LogP contribution in [0.25, 0.3) is 5.69 Å². The highest BCUT2D eigenvalue weighted by Gasteiger charge is 2.39. The minimum Gasteiger partial charge on any atom is -0.480 e. The minimum atomic E-state index is -4.80. The number of nitrogens with one attached hydrogen (secondary N) is 1. The summed E-state index contributed by atoms with van der Waals surface area (Å²) in [6.07, 6.45) is -5.05. The molecule has 0 saturated carbocycles. The summed E-state index contributed by atoms with van der Waals surface area (Å²) in [6, 6.07) is 4.79. The van der Waals surface area contributed by atoms with E-state index < -0.39 is 52.5 Å². The molecule has 1 amide bonds. The van der Waals surface area contributed by atoms with Gasteiger partial charge in [-0.3, -0.25) is 9.36 Å². The molecule has 186 valence electrons. The fourth-order valence-corrected chi connectivity index (χ4v) is 3.84. The van der Waals surface area contributed by atoms with Gasteiger partial charge >= 0.3 is 11.9 Å². The predicted molar refractivity (Wildman–Crippen MR) is 116 cm³/mol. The Kier molecular flexibility index (Phi) is 6.58. The lowest BCUT2D eigenvalue weighted by Gasteiger charge is -2.21. The molecule has 4 rings (SSSR count). The molecule has 2 heterocycles. The van der Waals surface area contributed by atoms with Crippen molar-refractivity contribution in [3.05, 3.63) is 68.9 Å². The topological polar surface area (TPSA) is 78.2 Å². The van der Waals surface area contributed by atoms with Gasteiger partial charge in [-0.25, -0.2) is 13.6 Å². The Morgan fingerprint density at radius 3 is 2.51 bits per heavy atom. The van der Waals surface area contributed by atoms with Gasteiger partial charge in [0.05, 0.1) is 16.3 Å². The maximum atomic E-state index is 14.0. The van der Waals surface area contributed by atoms with Crippen molar-refractivity contribution in [3.63, 3.8) is 0 Å². The van der Waals surface area contributed by atoms with Crippen molar-refractivity contribution in [3.8, 4) is 11.4 Å². The number of fused-ring (bicyclic) bond motifs is 1. The number of aromatic nitrogens is 3. The van der Waals surface area contributed by atoms with Crippen LogP contribution < -0.4 is 15.7 Å². The number of anilines is 1. The third-order valence-electron chi connectivity index (χ3n) is 5.46. The van der Waals surface area contributed by atoms with Crippen LogP contribution in [0.15, 0.2) is 35.1 Å². The van der Waals surface area contributed by atoms with Gasteiger partial charge in [-0.15, -0.1) is 5.10 Å². The Hall–Kier alpha value is -3.41. The van der Waals surface area contributed by atoms with Gasteiger partial charge in [-0.1, -0.05) is 17.7 Å². The summed E-state index contributed by atoms with van der Waals surface area (Å²) < 4.78 is 75.0. The fraction of sp³-hybridized carbons (Fsp3) is 0.318. The smallest absolute Gasteiger partial charge is 0.425 e. The number of nitrogens with zero attached hydrogens (tertiary/aromatic N) is 3. The summed E-state index contributed by atoms with van der Waals surface area (Å²) in [7, 11) is 0. The van der Waals surface area contributed by atoms with Gasteiger partial charge in [0, 0.05) is 19.0 Å². The minimum absolute atomic E-state index is 0.114. The molecule has 1 aliphatic heterocycles. The fourth-order valence-electron chi connectivity index (χ4n) is 3.59. The summed E-state index contributed by atoms with van der Waals surface area (Å²) in [5.74, 6) is -3.49. The number of benzene rings is 2. The average Bonchev–Trinajstić information content (AvgIpc) is 3.13. The summed E-state index contributed by atoms with van der Waals surface area (Å²) in [5, 5.41) is 5.99. The van der Waals surface area contributed by atoms with Crippen LogP contribution in [0.4, 0.5) is 27.6 Å². The van der Waals surface area contributed by atoms with Crippen molar-refractivity contribution in [1.82, 2.24) is 14.3 Å². The highest BCUT2D eigenvalue weighted by Crippen LogP contribution is 2.34. The first-order valence-corrected chi connectivity index (χ1v) is 10.9. The summed E-state index contributed by atoms with van der Waals surface area (Å²) in [5.41, 5.74) is -2.00. The molecule has 1 atom stereocenters. The number of aryl methyl sites for hydroxylation is 1. The van der Waals surface area contributed by atoms with E-state index in [1.54, 1.807) is 0 Å². The first kappa shape index (κ1) is 24.7. The molecule has 1 aromatic heterocycles. The zero-order valence-electron chi connectivity index (χ0n) is 18.1. The number of hydrogen-bond donors (Lipinski definition) is 1. The third kappa shape index (κ3) is 4.88. The maximum Gasteiger partial charge on any atom is 0.425 e. The Bertz CT molecular complexity index is 1330. The zero-order valence-corrected chi connectivity index (χ0v) is 18.9. The van der Waals surface area contributed by atoms with Gasteiger partial charge in [0.15, 0.2) is 6.10 Å². The van der Waals surface area contributed by atoms with Gasteiger partial charge in [-0.2, -0.15) is 17.9 Å². The lowest BCUT2D eigenvalue weighted by atomic mass is 10.1. The molecule has 0 saturated heterocycles. The third-order valence-corrected chi connectivity index (χ3v) is 5.76. The van der Waals surface area contributed by atoms with E-state index in [-0.39, 0.29) is 10.7 Å². The number of rotatable bonds is 5. The summed E-state index contributed by atoms with van der Waals surface area (Å²) >= 11 is 6.29. The van der Waals surface area contributed by atoms with Crippen LogP contribution in [0, 0.1) is 11.6 Å². The van der Waals surface area contributed by atoms with Gasteiger partial charge in [-0.05, 0) is 38.0 Å². The lowest BCUT2D eigenvalue weighted by Crippen LogP contribution is -2.32. The van der Waals surface area contributed by atoms with Crippen LogP contribution in [-0.4, -0.2) is 32.5 Å². The number of ether oxygens (including phenoxy) is 1. The Morgan fingerprint density at radius 2 is 1.89 bits per heavy atom. The molecule has 0 bridgehead atoms. The Labute approximate surface area is 200 Å². The van der Waals surface area contributed by atoms with E-state index in [4.69, 9.17) is 16.3 Å². The standard InChI is InChI=1S/C22H18ClF5N4O3/c1-11(22(26,27)28)35-17-10-16(32-21(34)31-8-3-2-7-18(31)30-32)13(23)9-12(17)20(33)29-19-14(24)5-4-6-15(19)25/h4-6,9-11H,2-3,7-8H2,1H3,(H,29,33)/t11-/m0/s1. The maximum absolute atomic E-state index is 14.0. The molecule has 1 aliphatic rings. The SMILES string of the molecule is C[C@H](Oc1cc(-n2nc3n(c2=O)CCCC3)c(Cl)cc1C(=O)Nc1c(F)cccc1F)C(F)(F)F. The largest absolute Gasteiger partial charge is 0.480 e. The number of carbonyl (C=O) groups is 1. The molecule has 0 aliphatic carbocycles. The van der Waals surface area contributed by atoms with E-state index in [1.165, 1.54) is 4.57 Å². The Balaban J connectivity index is 1.81. The van der Waals surface area contributed by atoms with Crippen LogP contribution >= 0.6 is 11.6 Å². The van der Waals surface area contributed by atoms with E-state index in [2.05, 4.69) is 5.10 Å². The van der Waals surface area contributed by atoms with Crippen molar-refractivity contribution < 1.29 is 31.5 Å². The van der Waals surface area contributed by atoms with Crippen LogP contribution in [0.5, 0.6) is 5.75 Å². The number of para-hydroxylation sites is 1. The van der Waals surface area contributed by atoms with E-state index >= 15 is 0 Å². The first-order valence-electron chi connectivity index (χ1n) is 10.5. The average molecular weight is 517 g/mol. The normalized spacial score (nSPS) is 14.4. The molecule has 0 spiro atoms. The van der Waals surface area contributed by atoms with Crippen LogP contribution in [0.2, 0.25) is 5.02 Å². The molecule has 0 unspecified atom stereocenters. The van der Waals surface area contributed by atoms with Gasteiger partial charge in [0.2, 0.25) is 0 Å². The summed E-state index contributed by atoms with van der Waals surface area (Å²) in [4.78, 5) is 25.7. The molecule has 7 nitrogen and oxygen atoms in total. The van der Waals surface area contributed by atoms with Crippen LogP contribution in [-0.2, 0) is 13.0 Å². The van der Waals surface area contributed by atoms with Crippen LogP contribution in [0.1, 0.15) is 35.9 Å². The number of amides is 1. The predicted octanol–water partition coefficient (Wildman–Crippen LogP) is 4.88. The van der Waals surface area contributed by atoms with E-state index in [9.17, 15) is 31.5 Å². The van der Waals surface area contributed by atoms with Gasteiger partial charge < -0.3 is 10.1 Å². The Morgan fingerprint density at radius 1 is 1.20 bits per heavy atom. The van der Waals surface area contributed by atoms with Gasteiger partial charge in [0.25, 0.3) is 5.91 Å². The van der Waals surface area contributed by atoms with Crippen molar-refractivity contribution >= 4 is 23.2 Å². The highest BCUT2D eigenvalue weighted by molar-refractivity contribution is 6.33. The molecular weight excluding hydrogens is 499 g/mol. The first-order chi connectivity index (χ1) is 16.5. The van der Waals surface area contributed by atoms with Crippen molar-refractivity contribution in [1.29, 1.82) is 0 Å². The second-order valence-electron chi connectivity index (χ2n) is 7.87. The molecule has 2 aromatic carbocycles. The monoisotopic (exact) mass is 516 g/mol. The van der Waals surface area contributed by atoms with Gasteiger partial charge in [0.1, 0.15) is 28.9 Å². The molecule has 3 aromatic rings. The molecule has 0 fully saturated rings. The molecule has 0 radical (unpaired) electrons. The number of alkyl halides is 3. The summed E-state index contributed by atoms with van der Waals surface area (Å²) in [6.45, 7) is 1.14. The van der Waals surface area contributed by atoms with Crippen molar-refractivity contribution in [2.45, 2.75) is 45.0 Å². The molecule has 1 N–H and O–H groups in total. The van der Waals surface area contributed by atoms with Crippen molar-refractivity contribution in [2.24, 2.45) is 0 Å². The molecule has 13 heteroatoms. The second kappa shape index (κ2) is 9.33. The lowest BCUT2D eigenvalue weighted by molar-refractivity contribution is -0.189. The quantitative estimate of drug-likeness (QED) is 0.490. The van der Waals surface area contributed by atoms with Crippen LogP contribution in [0.3, 0.4) is 0 Å². The van der Waals surface area contributed by atoms with E-state index in [0.29, 0.717) is 25.7 Å². The van der Waals surface area contributed by atoms with Crippen molar-refractivity contribution in [2.75, 3.05) is 5.32 Å². The highest BCUT2D eigenvalue weighted by atomic mass is 35.5. The van der Waals surface area contributed by atoms with E-state index in [1.807, 2.05) is 5.32 Å².